The molecule has 0 fully saturated rings. The number of imidazole rings is 1. The molecule has 0 radical (unpaired) electrons. The number of rotatable bonds is 3. The largest absolute Gasteiger partial charge is 0.748 e. The summed E-state index contributed by atoms with van der Waals surface area (Å²) in [5.74, 6) is 0.880. The Morgan fingerprint density at radius 2 is 1.85 bits per heavy atom. The molecule has 2 aromatic rings. The molecule has 0 N–H and O–H groups in total. The van der Waals surface area contributed by atoms with Gasteiger partial charge in [-0.1, -0.05) is 30.3 Å². The summed E-state index contributed by atoms with van der Waals surface area (Å²) in [4.78, 5) is 0. The van der Waals surface area contributed by atoms with Crippen molar-refractivity contribution in [2.24, 2.45) is 7.05 Å². The molecule has 0 saturated heterocycles. The molecule has 1 heterocycles. The second-order valence-corrected chi connectivity index (χ2v) is 5.83. The Bertz CT molecular complexity index is 634. The molecule has 20 heavy (non-hydrogen) atoms. The summed E-state index contributed by atoms with van der Waals surface area (Å²) in [6.45, 7) is 5.32. The van der Waals surface area contributed by atoms with Gasteiger partial charge in [-0.15, -0.1) is 0 Å². The molecule has 0 aliphatic rings. The van der Waals surface area contributed by atoms with Crippen LogP contribution < -0.4 is 4.57 Å². The van der Waals surface area contributed by atoms with E-state index in [0.29, 0.717) is 5.56 Å². The number of aromatic nitrogens is 2. The second kappa shape index (κ2) is 7.21. The van der Waals surface area contributed by atoms with E-state index in [-0.39, 0.29) is 0 Å². The highest BCUT2D eigenvalue weighted by molar-refractivity contribution is 7.84. The summed E-state index contributed by atoms with van der Waals surface area (Å²) >= 11 is 0. The van der Waals surface area contributed by atoms with Crippen LogP contribution in [-0.2, 0) is 29.5 Å². The molecule has 0 unspecified atom stereocenters. The van der Waals surface area contributed by atoms with Crippen LogP contribution >= 0.6 is 0 Å². The molecule has 0 saturated carbocycles. The Morgan fingerprint density at radius 1 is 1.25 bits per heavy atom. The van der Waals surface area contributed by atoms with Crippen LogP contribution in [0.5, 0.6) is 0 Å². The lowest BCUT2D eigenvalue weighted by Gasteiger charge is -2.05. The van der Waals surface area contributed by atoms with Crippen LogP contribution in [-0.4, -0.2) is 17.5 Å². The summed E-state index contributed by atoms with van der Waals surface area (Å²) < 4.78 is 35.1. The topological polar surface area (TPSA) is 66.0 Å². The molecule has 0 aliphatic heterocycles. The summed E-state index contributed by atoms with van der Waals surface area (Å²) in [5.41, 5.74) is 0.530. The van der Waals surface area contributed by atoms with E-state index >= 15 is 0 Å². The first-order chi connectivity index (χ1) is 9.33. The molecule has 110 valence electrons. The lowest BCUT2D eigenvalue weighted by molar-refractivity contribution is -0.677. The number of hydrogen-bond acceptors (Lipinski definition) is 3. The van der Waals surface area contributed by atoms with E-state index in [1.807, 2.05) is 0 Å². The van der Waals surface area contributed by atoms with Crippen LogP contribution in [0.25, 0.3) is 0 Å². The summed E-state index contributed by atoms with van der Waals surface area (Å²) in [5, 5.41) is 0. The van der Waals surface area contributed by atoms with Crippen molar-refractivity contribution in [2.45, 2.75) is 26.1 Å². The fourth-order valence-electron chi connectivity index (χ4n) is 1.71. The van der Waals surface area contributed by atoms with Gasteiger partial charge in [0.25, 0.3) is 5.82 Å². The zero-order chi connectivity index (χ0) is 15.2. The molecule has 2 rings (SSSR count). The molecule has 6 heteroatoms. The smallest absolute Gasteiger partial charge is 0.252 e. The molecule has 0 amide bonds. The Morgan fingerprint density at radius 3 is 2.20 bits per heavy atom. The summed E-state index contributed by atoms with van der Waals surface area (Å²) in [6, 6.07) is 8.37. The van der Waals surface area contributed by atoms with Crippen LogP contribution in [0.15, 0.2) is 42.7 Å². The van der Waals surface area contributed by atoms with Crippen molar-refractivity contribution in [1.82, 2.24) is 4.57 Å². The predicted molar refractivity (Wildman–Crippen MR) is 75.9 cm³/mol. The van der Waals surface area contributed by atoms with Gasteiger partial charge in [0.15, 0.2) is 0 Å². The highest BCUT2D eigenvalue weighted by Crippen LogP contribution is 2.02. The van der Waals surface area contributed by atoms with Crippen LogP contribution in [0.3, 0.4) is 0 Å². The average Bonchev–Trinajstić information content (AvgIpc) is 2.69. The molecular weight excluding hydrogens is 276 g/mol. The minimum absolute atomic E-state index is 0.423. The van der Waals surface area contributed by atoms with Crippen molar-refractivity contribution in [2.75, 3.05) is 0 Å². The zero-order valence-electron chi connectivity index (χ0n) is 12.0. The second-order valence-electron chi connectivity index (χ2n) is 4.43. The van der Waals surface area contributed by atoms with Crippen molar-refractivity contribution < 1.29 is 17.5 Å². The molecule has 0 bridgehead atoms. The minimum Gasteiger partial charge on any atom is -0.748 e. The van der Waals surface area contributed by atoms with Crippen molar-refractivity contribution in [1.29, 1.82) is 0 Å². The lowest BCUT2D eigenvalue weighted by Crippen LogP contribution is -2.29. The quantitative estimate of drug-likeness (QED) is 0.635. The van der Waals surface area contributed by atoms with Gasteiger partial charge >= 0.3 is 0 Å². The molecule has 0 atom stereocenters. The van der Waals surface area contributed by atoms with E-state index in [1.165, 1.54) is 5.82 Å². The van der Waals surface area contributed by atoms with E-state index in [9.17, 15) is 13.0 Å². The van der Waals surface area contributed by atoms with Crippen molar-refractivity contribution in [3.8, 4) is 0 Å². The summed E-state index contributed by atoms with van der Waals surface area (Å²) in [7, 11) is -2.07. The van der Waals surface area contributed by atoms with Gasteiger partial charge in [-0.2, -0.15) is 0 Å². The zero-order valence-corrected chi connectivity index (χ0v) is 12.8. The van der Waals surface area contributed by atoms with Crippen molar-refractivity contribution in [3.63, 3.8) is 0 Å². The van der Waals surface area contributed by atoms with E-state index in [0.717, 1.165) is 6.54 Å². The third-order valence-corrected chi connectivity index (χ3v) is 3.61. The van der Waals surface area contributed by atoms with Crippen LogP contribution in [0, 0.1) is 6.92 Å². The third kappa shape index (κ3) is 5.54. The Balaban J connectivity index is 0.000000204. The Hall–Kier alpha value is -1.66. The highest BCUT2D eigenvalue weighted by Gasteiger charge is 2.04. The number of nitrogens with zero attached hydrogens (tertiary/aromatic N) is 2. The van der Waals surface area contributed by atoms with E-state index in [4.69, 9.17) is 0 Å². The van der Waals surface area contributed by atoms with Crippen LogP contribution in [0.2, 0.25) is 0 Å². The van der Waals surface area contributed by atoms with Gasteiger partial charge in [-0.3, -0.25) is 0 Å². The molecule has 0 spiro atoms. The van der Waals surface area contributed by atoms with E-state index in [2.05, 4.69) is 42.4 Å². The van der Waals surface area contributed by atoms with Crippen LogP contribution in [0.4, 0.5) is 0 Å². The fraction of sp³-hybridized carbons (Fsp3) is 0.357. The third-order valence-electron chi connectivity index (χ3n) is 2.92. The van der Waals surface area contributed by atoms with Gasteiger partial charge in [0.05, 0.1) is 29.5 Å². The van der Waals surface area contributed by atoms with Crippen molar-refractivity contribution in [3.05, 3.63) is 54.1 Å². The van der Waals surface area contributed by atoms with Gasteiger partial charge in [0.2, 0.25) is 0 Å². The molecule has 1 aromatic heterocycles. The Labute approximate surface area is 120 Å². The number of hydrogen-bond donors (Lipinski definition) is 0. The van der Waals surface area contributed by atoms with Gasteiger partial charge in [-0.25, -0.2) is 17.6 Å². The molecular formula is C14H20N2O3S. The maximum Gasteiger partial charge on any atom is 0.252 e. The first-order valence-electron chi connectivity index (χ1n) is 6.32. The molecule has 1 aromatic carbocycles. The Kier molecular flexibility index (Phi) is 5.91. The molecule has 5 nitrogen and oxygen atoms in total. The van der Waals surface area contributed by atoms with Crippen LogP contribution in [0.1, 0.15) is 18.3 Å². The fourth-order valence-corrected chi connectivity index (χ4v) is 2.31. The standard InChI is InChI=1S/C7H13N2.C7H8O3S/c1-4-9-6-5-8(3)7(9)2;8-11(9,10)6-7-4-2-1-3-5-7/h5-6H,4H2,1-3H3;1-5H,6H2,(H,8,9,10)/q+1;/p-1. The number of aryl methyl sites for hydroxylation is 2. The van der Waals surface area contributed by atoms with Gasteiger partial charge < -0.3 is 4.55 Å². The first-order valence-corrected chi connectivity index (χ1v) is 7.90. The lowest BCUT2D eigenvalue weighted by atomic mass is 10.2. The SMILES string of the molecule is CCn1cc[n+](C)c1C.O=S(=O)([O-])Cc1ccccc1. The van der Waals surface area contributed by atoms with Gasteiger partial charge in [-0.05, 0) is 12.5 Å². The predicted octanol–water partition coefficient (Wildman–Crippen LogP) is 1.37. The normalized spacial score (nSPS) is 10.8. The van der Waals surface area contributed by atoms with E-state index in [1.54, 1.807) is 30.3 Å². The number of benzene rings is 1. The average molecular weight is 296 g/mol. The summed E-state index contributed by atoms with van der Waals surface area (Å²) in [6.07, 6.45) is 4.16. The van der Waals surface area contributed by atoms with Gasteiger partial charge in [0, 0.05) is 6.92 Å². The molecule has 0 aliphatic carbocycles. The van der Waals surface area contributed by atoms with E-state index < -0.39 is 15.9 Å². The maximum absolute atomic E-state index is 10.2. The highest BCUT2D eigenvalue weighted by atomic mass is 32.2. The first kappa shape index (κ1) is 16.4. The van der Waals surface area contributed by atoms with Crippen molar-refractivity contribution >= 4 is 10.1 Å². The van der Waals surface area contributed by atoms with Gasteiger partial charge in [0.1, 0.15) is 12.4 Å². The monoisotopic (exact) mass is 296 g/mol. The minimum atomic E-state index is -4.13. The maximum atomic E-state index is 10.2.